The van der Waals surface area contributed by atoms with Crippen molar-refractivity contribution in [2.24, 2.45) is 0 Å². The average molecular weight is 446 g/mol. The Balaban J connectivity index is 1.62. The molecule has 1 N–H and O–H groups in total. The van der Waals surface area contributed by atoms with Gasteiger partial charge in [0.1, 0.15) is 11.4 Å². The van der Waals surface area contributed by atoms with Crippen LogP contribution >= 0.6 is 27.3 Å². The molecule has 0 bridgehead atoms. The highest BCUT2D eigenvalue weighted by atomic mass is 79.9. The van der Waals surface area contributed by atoms with Gasteiger partial charge in [-0.05, 0) is 68.4 Å². The molecule has 1 aromatic carbocycles. The van der Waals surface area contributed by atoms with Crippen molar-refractivity contribution in [3.63, 3.8) is 0 Å². The van der Waals surface area contributed by atoms with Crippen LogP contribution in [-0.4, -0.2) is 15.5 Å². The summed E-state index contributed by atoms with van der Waals surface area (Å²) in [7, 11) is 0. The second-order valence-corrected chi connectivity index (χ2v) is 8.90. The lowest BCUT2D eigenvalue weighted by molar-refractivity contribution is -0.116. The van der Waals surface area contributed by atoms with Crippen LogP contribution in [0.4, 0.5) is 5.69 Å². The molecule has 3 aromatic rings. The first kappa shape index (κ1) is 18.4. The first-order valence-electron chi connectivity index (χ1n) is 9.01. The van der Waals surface area contributed by atoms with Crippen molar-refractivity contribution in [1.82, 2.24) is 9.55 Å². The van der Waals surface area contributed by atoms with Gasteiger partial charge in [0.25, 0.3) is 5.56 Å². The number of hydrogen-bond donors (Lipinski definition) is 1. The van der Waals surface area contributed by atoms with E-state index in [1.807, 2.05) is 26.0 Å². The fourth-order valence-electron chi connectivity index (χ4n) is 3.56. The summed E-state index contributed by atoms with van der Waals surface area (Å²) < 4.78 is 2.42. The van der Waals surface area contributed by atoms with E-state index in [1.54, 1.807) is 11.3 Å². The summed E-state index contributed by atoms with van der Waals surface area (Å²) in [6.07, 6.45) is 5.72. The van der Waals surface area contributed by atoms with Gasteiger partial charge in [0, 0.05) is 15.0 Å². The summed E-state index contributed by atoms with van der Waals surface area (Å²) in [5, 5.41) is 3.62. The van der Waals surface area contributed by atoms with Crippen molar-refractivity contribution < 1.29 is 4.79 Å². The molecule has 1 aliphatic carbocycles. The molecule has 1 aliphatic rings. The number of thiophene rings is 1. The van der Waals surface area contributed by atoms with E-state index in [-0.39, 0.29) is 18.0 Å². The summed E-state index contributed by atoms with van der Waals surface area (Å²) in [6, 6.07) is 3.78. The van der Waals surface area contributed by atoms with Gasteiger partial charge in [0.2, 0.25) is 5.91 Å². The molecule has 0 atom stereocenters. The predicted molar refractivity (Wildman–Crippen MR) is 113 cm³/mol. The molecule has 7 heteroatoms. The minimum absolute atomic E-state index is 0.0407. The molecule has 0 saturated carbocycles. The van der Waals surface area contributed by atoms with Crippen LogP contribution in [0.2, 0.25) is 0 Å². The first-order chi connectivity index (χ1) is 13.0. The molecule has 0 saturated heterocycles. The topological polar surface area (TPSA) is 64.0 Å². The summed E-state index contributed by atoms with van der Waals surface area (Å²) in [5.41, 5.74) is 3.88. The fraction of sp³-hybridized carbons (Fsp3) is 0.350. The molecule has 140 valence electrons. The van der Waals surface area contributed by atoms with Crippen LogP contribution in [0.15, 0.2) is 27.7 Å². The lowest BCUT2D eigenvalue weighted by Gasteiger charge is -2.13. The number of fused-ring (bicyclic) bond motifs is 3. The van der Waals surface area contributed by atoms with Crippen molar-refractivity contribution in [2.45, 2.75) is 46.1 Å². The molecular formula is C20H20BrN3O2S. The number of benzene rings is 1. The molecule has 4 rings (SSSR count). The lowest BCUT2D eigenvalue weighted by Crippen LogP contribution is -2.28. The van der Waals surface area contributed by atoms with Gasteiger partial charge in [-0.2, -0.15) is 0 Å². The highest BCUT2D eigenvalue weighted by molar-refractivity contribution is 9.10. The molecular weight excluding hydrogens is 426 g/mol. The number of aromatic nitrogens is 2. The van der Waals surface area contributed by atoms with Gasteiger partial charge in [-0.25, -0.2) is 4.98 Å². The van der Waals surface area contributed by atoms with Crippen molar-refractivity contribution >= 4 is 49.1 Å². The highest BCUT2D eigenvalue weighted by Gasteiger charge is 2.20. The van der Waals surface area contributed by atoms with Gasteiger partial charge in [-0.15, -0.1) is 11.3 Å². The molecule has 1 amide bonds. The molecule has 27 heavy (non-hydrogen) atoms. The van der Waals surface area contributed by atoms with Gasteiger partial charge >= 0.3 is 0 Å². The van der Waals surface area contributed by atoms with Crippen LogP contribution in [-0.2, 0) is 24.2 Å². The quantitative estimate of drug-likeness (QED) is 0.651. The Morgan fingerprint density at radius 1 is 1.26 bits per heavy atom. The maximum Gasteiger partial charge on any atom is 0.262 e. The molecule has 0 fully saturated rings. The van der Waals surface area contributed by atoms with E-state index in [0.29, 0.717) is 5.39 Å². The van der Waals surface area contributed by atoms with E-state index in [1.165, 1.54) is 22.2 Å². The average Bonchev–Trinajstić information content (AvgIpc) is 3.04. The number of carbonyl (C=O) groups excluding carboxylic acids is 1. The molecule has 0 radical (unpaired) electrons. The number of anilines is 1. The Morgan fingerprint density at radius 2 is 2.04 bits per heavy atom. The number of carbonyl (C=O) groups is 1. The minimum Gasteiger partial charge on any atom is -0.324 e. The number of amides is 1. The molecule has 5 nitrogen and oxygen atoms in total. The second-order valence-electron chi connectivity index (χ2n) is 6.96. The summed E-state index contributed by atoms with van der Waals surface area (Å²) in [4.78, 5) is 32.0. The van der Waals surface area contributed by atoms with Crippen LogP contribution in [0, 0.1) is 13.8 Å². The van der Waals surface area contributed by atoms with Crippen molar-refractivity contribution in [3.8, 4) is 0 Å². The van der Waals surface area contributed by atoms with Gasteiger partial charge in [-0.1, -0.05) is 15.9 Å². The summed E-state index contributed by atoms with van der Waals surface area (Å²) in [5.74, 6) is -0.229. The van der Waals surface area contributed by atoms with E-state index in [2.05, 4.69) is 26.2 Å². The maximum absolute atomic E-state index is 13.0. The molecule has 0 spiro atoms. The zero-order valence-corrected chi connectivity index (χ0v) is 17.7. The largest absolute Gasteiger partial charge is 0.324 e. The standard InChI is InChI=1S/C20H20BrN3O2S/c1-11-12(2)15(8-7-14(11)21)23-17(25)9-24-10-22-19-18(20(24)26)13-5-3-4-6-16(13)27-19/h7-8,10H,3-6,9H2,1-2H3,(H,23,25). The monoisotopic (exact) mass is 445 g/mol. The Bertz CT molecular complexity index is 1120. The van der Waals surface area contributed by atoms with E-state index < -0.39 is 0 Å². The third kappa shape index (κ3) is 3.34. The molecule has 0 unspecified atom stereocenters. The zero-order chi connectivity index (χ0) is 19.1. The SMILES string of the molecule is Cc1c(Br)ccc(NC(=O)Cn2cnc3sc4c(c3c2=O)CCCC4)c1C. The Hall–Kier alpha value is -1.99. The maximum atomic E-state index is 13.0. The van der Waals surface area contributed by atoms with E-state index in [0.717, 1.165) is 50.9 Å². The van der Waals surface area contributed by atoms with Crippen LogP contribution in [0.25, 0.3) is 10.2 Å². The number of aryl methyl sites for hydroxylation is 2. The lowest BCUT2D eigenvalue weighted by atomic mass is 9.97. The molecule has 2 heterocycles. The predicted octanol–water partition coefficient (Wildman–Crippen LogP) is 4.35. The van der Waals surface area contributed by atoms with Crippen LogP contribution in [0.1, 0.15) is 34.4 Å². The van der Waals surface area contributed by atoms with Gasteiger partial charge < -0.3 is 5.32 Å². The smallest absolute Gasteiger partial charge is 0.262 e. The molecule has 2 aromatic heterocycles. The van der Waals surface area contributed by atoms with Gasteiger partial charge in [0.05, 0.1) is 11.7 Å². The summed E-state index contributed by atoms with van der Waals surface area (Å²) in [6.45, 7) is 3.92. The number of nitrogens with zero attached hydrogens (tertiary/aromatic N) is 2. The Labute approximate surface area is 169 Å². The van der Waals surface area contributed by atoms with E-state index >= 15 is 0 Å². The van der Waals surface area contributed by atoms with E-state index in [9.17, 15) is 9.59 Å². The number of nitrogens with one attached hydrogen (secondary N) is 1. The van der Waals surface area contributed by atoms with Gasteiger partial charge in [0.15, 0.2) is 0 Å². The number of rotatable bonds is 3. The van der Waals surface area contributed by atoms with Crippen molar-refractivity contribution in [2.75, 3.05) is 5.32 Å². The van der Waals surface area contributed by atoms with Crippen LogP contribution in [0.5, 0.6) is 0 Å². The Morgan fingerprint density at radius 3 is 2.85 bits per heavy atom. The zero-order valence-electron chi connectivity index (χ0n) is 15.3. The van der Waals surface area contributed by atoms with Crippen molar-refractivity contribution in [3.05, 3.63) is 54.9 Å². The van der Waals surface area contributed by atoms with Gasteiger partial charge in [-0.3, -0.25) is 14.2 Å². The molecule has 0 aliphatic heterocycles. The highest BCUT2D eigenvalue weighted by Crippen LogP contribution is 2.33. The normalized spacial score (nSPS) is 13.6. The fourth-order valence-corrected chi connectivity index (χ4v) is 5.21. The number of halogens is 1. The van der Waals surface area contributed by atoms with E-state index in [4.69, 9.17) is 0 Å². The number of hydrogen-bond acceptors (Lipinski definition) is 4. The second kappa shape index (κ2) is 7.20. The third-order valence-corrected chi connectivity index (χ3v) is 7.31. The summed E-state index contributed by atoms with van der Waals surface area (Å²) >= 11 is 5.11. The Kier molecular flexibility index (Phi) is 4.90. The van der Waals surface area contributed by atoms with Crippen molar-refractivity contribution in [1.29, 1.82) is 0 Å². The van der Waals surface area contributed by atoms with Crippen LogP contribution in [0.3, 0.4) is 0 Å². The minimum atomic E-state index is -0.229. The third-order valence-electron chi connectivity index (χ3n) is 5.25. The van der Waals surface area contributed by atoms with Crippen LogP contribution < -0.4 is 10.9 Å². The first-order valence-corrected chi connectivity index (χ1v) is 10.6.